The lowest BCUT2D eigenvalue weighted by atomic mass is 10.0. The Labute approximate surface area is 145 Å². The van der Waals surface area contributed by atoms with Gasteiger partial charge in [-0.15, -0.1) is 0 Å². The molecule has 2 amide bonds. The average molecular weight is 338 g/mol. The fourth-order valence-electron chi connectivity index (χ4n) is 2.65. The van der Waals surface area contributed by atoms with Gasteiger partial charge >= 0.3 is 12.2 Å². The summed E-state index contributed by atoms with van der Waals surface area (Å²) in [5, 5.41) is 11.3. The van der Waals surface area contributed by atoms with Crippen molar-refractivity contribution >= 4 is 12.2 Å². The molecule has 0 saturated heterocycles. The van der Waals surface area contributed by atoms with Crippen LogP contribution in [0.15, 0.2) is 72.8 Å². The average Bonchev–Trinajstić information content (AvgIpc) is 2.67. The highest BCUT2D eigenvalue weighted by atomic mass is 16.6. The number of nitrogens with zero attached hydrogens (tertiary/aromatic N) is 2. The summed E-state index contributed by atoms with van der Waals surface area (Å²) >= 11 is 0. The van der Waals surface area contributed by atoms with Crippen LogP contribution in [-0.4, -0.2) is 40.4 Å². The molecule has 3 rings (SSSR count). The standard InChI is InChI=1S/C19H18N2O4/c22-18(23)20-13-7-8-14-21(20)19(24)25-17(15-9-3-1-4-10-15)16-11-5-2-6-12-16/h1-12,17H,13-14H2,(H,22,23). The molecule has 0 unspecified atom stereocenters. The Bertz CT molecular complexity index is 722. The molecule has 2 aromatic carbocycles. The van der Waals surface area contributed by atoms with E-state index in [0.29, 0.717) is 0 Å². The van der Waals surface area contributed by atoms with E-state index in [-0.39, 0.29) is 13.1 Å². The number of hydrazine groups is 1. The van der Waals surface area contributed by atoms with Gasteiger partial charge in [0.2, 0.25) is 0 Å². The van der Waals surface area contributed by atoms with Crippen LogP contribution in [0, 0.1) is 0 Å². The van der Waals surface area contributed by atoms with Crippen molar-refractivity contribution < 1.29 is 19.4 Å². The maximum Gasteiger partial charge on any atom is 0.430 e. The Morgan fingerprint density at radius 3 is 1.80 bits per heavy atom. The van der Waals surface area contributed by atoms with Gasteiger partial charge in [0.15, 0.2) is 6.10 Å². The minimum atomic E-state index is -1.20. The number of hydrogen-bond acceptors (Lipinski definition) is 3. The van der Waals surface area contributed by atoms with E-state index in [4.69, 9.17) is 4.74 Å². The predicted octanol–water partition coefficient (Wildman–Crippen LogP) is 3.68. The number of carbonyl (C=O) groups excluding carboxylic acids is 1. The molecule has 0 saturated carbocycles. The summed E-state index contributed by atoms with van der Waals surface area (Å²) in [6.07, 6.45) is 0.919. The van der Waals surface area contributed by atoms with E-state index in [1.807, 2.05) is 60.7 Å². The molecule has 0 atom stereocenters. The molecule has 0 fully saturated rings. The van der Waals surface area contributed by atoms with Crippen LogP contribution in [-0.2, 0) is 4.74 Å². The minimum absolute atomic E-state index is 0.117. The monoisotopic (exact) mass is 338 g/mol. The summed E-state index contributed by atoms with van der Waals surface area (Å²) in [7, 11) is 0. The van der Waals surface area contributed by atoms with E-state index in [2.05, 4.69) is 0 Å². The second kappa shape index (κ2) is 7.53. The van der Waals surface area contributed by atoms with Gasteiger partial charge in [-0.1, -0.05) is 72.8 Å². The largest absolute Gasteiger partial charge is 0.464 e. The second-order valence-electron chi connectivity index (χ2n) is 5.50. The first-order valence-electron chi connectivity index (χ1n) is 7.90. The van der Waals surface area contributed by atoms with Crippen LogP contribution < -0.4 is 0 Å². The van der Waals surface area contributed by atoms with Gasteiger partial charge < -0.3 is 9.84 Å². The van der Waals surface area contributed by atoms with Gasteiger partial charge in [-0.3, -0.25) is 0 Å². The Balaban J connectivity index is 1.86. The van der Waals surface area contributed by atoms with Gasteiger partial charge in [-0.05, 0) is 11.1 Å². The molecule has 0 radical (unpaired) electrons. The highest BCUT2D eigenvalue weighted by Crippen LogP contribution is 2.27. The highest BCUT2D eigenvalue weighted by molar-refractivity contribution is 5.74. The number of benzene rings is 2. The first kappa shape index (κ1) is 16.6. The molecule has 0 bridgehead atoms. The van der Waals surface area contributed by atoms with E-state index in [1.165, 1.54) is 0 Å². The number of amides is 2. The second-order valence-corrected chi connectivity index (χ2v) is 5.50. The van der Waals surface area contributed by atoms with Crippen LogP contribution in [0.25, 0.3) is 0 Å². The van der Waals surface area contributed by atoms with E-state index < -0.39 is 18.3 Å². The number of carboxylic acid groups (broad SMARTS) is 1. The number of ether oxygens (including phenoxy) is 1. The molecule has 2 aromatic rings. The molecule has 0 aliphatic carbocycles. The Kier molecular flexibility index (Phi) is 4.99. The molecule has 1 aliphatic heterocycles. The smallest absolute Gasteiger partial charge is 0.430 e. The third-order valence-corrected chi connectivity index (χ3v) is 3.87. The van der Waals surface area contributed by atoms with Crippen molar-refractivity contribution in [2.24, 2.45) is 0 Å². The van der Waals surface area contributed by atoms with Crippen molar-refractivity contribution in [3.63, 3.8) is 0 Å². The highest BCUT2D eigenvalue weighted by Gasteiger charge is 2.30. The summed E-state index contributed by atoms with van der Waals surface area (Å²) in [4.78, 5) is 24.0. The van der Waals surface area contributed by atoms with Gasteiger partial charge in [-0.2, -0.15) is 0 Å². The Morgan fingerprint density at radius 1 is 0.840 bits per heavy atom. The molecule has 1 N–H and O–H groups in total. The molecule has 1 aliphatic rings. The van der Waals surface area contributed by atoms with E-state index in [9.17, 15) is 14.7 Å². The third kappa shape index (κ3) is 3.80. The van der Waals surface area contributed by atoms with E-state index in [0.717, 1.165) is 21.1 Å². The van der Waals surface area contributed by atoms with Crippen molar-refractivity contribution in [3.05, 3.63) is 83.9 Å². The molecule has 6 heteroatoms. The first-order valence-corrected chi connectivity index (χ1v) is 7.90. The fraction of sp³-hybridized carbons (Fsp3) is 0.158. The third-order valence-electron chi connectivity index (χ3n) is 3.87. The lowest BCUT2D eigenvalue weighted by Crippen LogP contribution is -2.51. The summed E-state index contributed by atoms with van der Waals surface area (Å²) in [6, 6.07) is 18.7. The van der Waals surface area contributed by atoms with Crippen LogP contribution in [0.5, 0.6) is 0 Å². The van der Waals surface area contributed by atoms with Crippen molar-refractivity contribution in [2.45, 2.75) is 6.10 Å². The predicted molar refractivity (Wildman–Crippen MR) is 91.8 cm³/mol. The van der Waals surface area contributed by atoms with Gasteiger partial charge in [-0.25, -0.2) is 19.6 Å². The SMILES string of the molecule is O=C(O)N1CC=CCN1C(=O)OC(c1ccccc1)c1ccccc1. The van der Waals surface area contributed by atoms with E-state index >= 15 is 0 Å². The van der Waals surface area contributed by atoms with Crippen molar-refractivity contribution in [3.8, 4) is 0 Å². The number of carbonyl (C=O) groups is 2. The van der Waals surface area contributed by atoms with Crippen LogP contribution in [0.1, 0.15) is 17.2 Å². The first-order chi connectivity index (χ1) is 12.2. The summed E-state index contributed by atoms with van der Waals surface area (Å²) < 4.78 is 5.69. The van der Waals surface area contributed by atoms with Crippen LogP contribution in [0.3, 0.4) is 0 Å². The van der Waals surface area contributed by atoms with Gasteiger partial charge in [0, 0.05) is 0 Å². The van der Waals surface area contributed by atoms with Crippen LogP contribution in [0.4, 0.5) is 9.59 Å². The summed E-state index contributed by atoms with van der Waals surface area (Å²) in [5.74, 6) is 0. The fourth-order valence-corrected chi connectivity index (χ4v) is 2.65. The van der Waals surface area contributed by atoms with Crippen molar-refractivity contribution in [1.82, 2.24) is 10.0 Å². The molecular formula is C19H18N2O4. The lowest BCUT2D eigenvalue weighted by molar-refractivity contribution is -0.0120. The van der Waals surface area contributed by atoms with Crippen molar-refractivity contribution in [1.29, 1.82) is 0 Å². The quantitative estimate of drug-likeness (QED) is 0.867. The molecule has 128 valence electrons. The van der Waals surface area contributed by atoms with Gasteiger partial charge in [0.05, 0.1) is 13.1 Å². The molecule has 6 nitrogen and oxygen atoms in total. The normalized spacial score (nSPS) is 13.8. The van der Waals surface area contributed by atoms with E-state index in [1.54, 1.807) is 12.2 Å². The van der Waals surface area contributed by atoms with Gasteiger partial charge in [0.1, 0.15) is 0 Å². The number of rotatable bonds is 3. The zero-order chi connectivity index (χ0) is 17.6. The molecule has 0 aromatic heterocycles. The summed E-state index contributed by atoms with van der Waals surface area (Å²) in [5.41, 5.74) is 1.63. The molecule has 0 spiro atoms. The maximum atomic E-state index is 12.6. The zero-order valence-electron chi connectivity index (χ0n) is 13.5. The topological polar surface area (TPSA) is 70.1 Å². The number of hydrogen-bond donors (Lipinski definition) is 1. The van der Waals surface area contributed by atoms with Crippen LogP contribution >= 0.6 is 0 Å². The Morgan fingerprint density at radius 2 is 1.32 bits per heavy atom. The summed E-state index contributed by atoms with van der Waals surface area (Å²) in [6.45, 7) is 0.271. The van der Waals surface area contributed by atoms with Crippen LogP contribution in [0.2, 0.25) is 0 Å². The maximum absolute atomic E-state index is 12.6. The Hall–Kier alpha value is -3.28. The molecular weight excluding hydrogens is 320 g/mol. The minimum Gasteiger partial charge on any atom is -0.464 e. The molecule has 1 heterocycles. The van der Waals surface area contributed by atoms with Gasteiger partial charge in [0.25, 0.3) is 0 Å². The zero-order valence-corrected chi connectivity index (χ0v) is 13.5. The lowest BCUT2D eigenvalue weighted by Gasteiger charge is -2.34. The molecule has 25 heavy (non-hydrogen) atoms. The van der Waals surface area contributed by atoms with Crippen molar-refractivity contribution in [2.75, 3.05) is 13.1 Å².